The predicted molar refractivity (Wildman–Crippen MR) is 101 cm³/mol. The molecule has 2 aliphatic heterocycles. The van der Waals surface area contributed by atoms with Gasteiger partial charge in [0.25, 0.3) is 0 Å². The van der Waals surface area contributed by atoms with E-state index in [1.807, 2.05) is 11.0 Å². The maximum absolute atomic E-state index is 14.3. The minimum Gasteiger partial charge on any atom is -0.342 e. The highest BCUT2D eigenvalue weighted by Crippen LogP contribution is 2.70. The third kappa shape index (κ3) is 2.23. The molecule has 2 aliphatic carbocycles. The summed E-state index contributed by atoms with van der Waals surface area (Å²) in [5, 5.41) is 8.92. The molecule has 1 aromatic carbocycles. The van der Waals surface area contributed by atoms with Crippen molar-refractivity contribution in [2.45, 2.75) is 45.6 Å². The number of benzene rings is 1. The van der Waals surface area contributed by atoms with E-state index in [0.29, 0.717) is 24.6 Å². The van der Waals surface area contributed by atoms with Crippen LogP contribution in [0, 0.1) is 34.3 Å². The molecule has 1 saturated heterocycles. The topological polar surface area (TPSA) is 45.0 Å². The van der Waals surface area contributed by atoms with Crippen LogP contribution in [0.2, 0.25) is 0 Å². The number of amides is 1. The zero-order chi connectivity index (χ0) is 19.7. The number of halogens is 2. The van der Waals surface area contributed by atoms with Crippen molar-refractivity contribution in [1.29, 1.82) is 0 Å². The fourth-order valence-electron chi connectivity index (χ4n) is 6.46. The normalized spacial score (nSPS) is 35.4. The number of fused-ring (bicyclic) bond motifs is 5. The van der Waals surface area contributed by atoms with Crippen LogP contribution in [0.25, 0.3) is 5.70 Å². The maximum Gasteiger partial charge on any atom is 0.222 e. The largest absolute Gasteiger partial charge is 0.342 e. The van der Waals surface area contributed by atoms with E-state index in [0.717, 1.165) is 25.8 Å². The summed E-state index contributed by atoms with van der Waals surface area (Å²) in [6.07, 6.45) is 5.57. The first-order valence-corrected chi connectivity index (χ1v) is 10.2. The Morgan fingerprint density at radius 3 is 2.68 bits per heavy atom. The molecule has 1 amide bonds. The molecule has 28 heavy (non-hydrogen) atoms. The first kappa shape index (κ1) is 18.0. The Labute approximate surface area is 163 Å². The van der Waals surface area contributed by atoms with Gasteiger partial charge in [-0.05, 0) is 42.7 Å². The van der Waals surface area contributed by atoms with Crippen LogP contribution >= 0.6 is 0 Å². The van der Waals surface area contributed by atoms with Gasteiger partial charge in [-0.15, -0.1) is 0 Å². The average Bonchev–Trinajstić information content (AvgIpc) is 3.22. The molecule has 4 atom stereocenters. The highest BCUT2D eigenvalue weighted by molar-refractivity contribution is 5.78. The van der Waals surface area contributed by atoms with Crippen molar-refractivity contribution in [2.75, 3.05) is 13.1 Å². The molecule has 6 heteroatoms. The van der Waals surface area contributed by atoms with Crippen molar-refractivity contribution < 1.29 is 13.6 Å². The molecule has 2 unspecified atom stereocenters. The Balaban J connectivity index is 1.53. The quantitative estimate of drug-likeness (QED) is 0.736. The van der Waals surface area contributed by atoms with Gasteiger partial charge < -0.3 is 4.90 Å². The predicted octanol–water partition coefficient (Wildman–Crippen LogP) is 4.81. The van der Waals surface area contributed by atoms with Gasteiger partial charge in [0.1, 0.15) is 11.6 Å². The van der Waals surface area contributed by atoms with Gasteiger partial charge in [-0.25, -0.2) is 8.78 Å². The molecule has 148 valence electrons. The lowest BCUT2D eigenvalue weighted by atomic mass is 9.67. The molecular weight excluding hydrogens is 360 g/mol. The second-order valence-corrected chi connectivity index (χ2v) is 9.33. The maximum atomic E-state index is 14.3. The number of carbonyl (C=O) groups is 1. The van der Waals surface area contributed by atoms with Crippen LogP contribution in [0.5, 0.6) is 0 Å². The molecule has 0 N–H and O–H groups in total. The van der Waals surface area contributed by atoms with Gasteiger partial charge in [0.05, 0.1) is 17.3 Å². The Morgan fingerprint density at radius 2 is 2.00 bits per heavy atom. The van der Waals surface area contributed by atoms with E-state index in [2.05, 4.69) is 24.1 Å². The average molecular weight is 385 g/mol. The number of azo groups is 1. The summed E-state index contributed by atoms with van der Waals surface area (Å²) in [6.45, 7) is 6.08. The fourth-order valence-corrected chi connectivity index (χ4v) is 6.46. The van der Waals surface area contributed by atoms with Crippen molar-refractivity contribution in [1.82, 2.24) is 4.90 Å². The third-order valence-electron chi connectivity index (χ3n) is 8.01. The van der Waals surface area contributed by atoms with Gasteiger partial charge in [0, 0.05) is 30.8 Å². The summed E-state index contributed by atoms with van der Waals surface area (Å²) < 4.78 is 28.6. The lowest BCUT2D eigenvalue weighted by molar-refractivity contribution is -0.130. The van der Waals surface area contributed by atoms with E-state index in [1.54, 1.807) is 0 Å². The number of hydrogen-bond acceptors (Lipinski definition) is 3. The lowest BCUT2D eigenvalue weighted by Gasteiger charge is -2.44. The Kier molecular flexibility index (Phi) is 3.81. The standard InChI is InChI=1S/C22H25F2N3O/c1-21(2)14-8-9-22(21,12-27-10-4-7-18(27)28)20-13(14)11-17(25-26-20)19-15(23)5-3-6-16(19)24/h3,5-6,11,13-14,20H,4,7-10,12H2,1-2H3/t13?,14-,20?,22-/m0/s1. The summed E-state index contributed by atoms with van der Waals surface area (Å²) in [5.74, 6) is -0.506. The van der Waals surface area contributed by atoms with Crippen LogP contribution in [-0.2, 0) is 4.79 Å². The Hall–Kier alpha value is -2.11. The summed E-state index contributed by atoms with van der Waals surface area (Å²) in [4.78, 5) is 14.3. The van der Waals surface area contributed by atoms with Crippen LogP contribution in [0.4, 0.5) is 8.78 Å². The molecule has 2 heterocycles. The zero-order valence-corrected chi connectivity index (χ0v) is 16.3. The van der Waals surface area contributed by atoms with Crippen molar-refractivity contribution in [3.63, 3.8) is 0 Å². The molecule has 0 aromatic heterocycles. The van der Waals surface area contributed by atoms with Crippen LogP contribution in [0.3, 0.4) is 0 Å². The van der Waals surface area contributed by atoms with Crippen molar-refractivity contribution >= 4 is 11.6 Å². The van der Waals surface area contributed by atoms with E-state index >= 15 is 0 Å². The number of hydrogen-bond donors (Lipinski definition) is 0. The number of likely N-dealkylation sites (tertiary alicyclic amines) is 1. The minimum atomic E-state index is -0.608. The van der Waals surface area contributed by atoms with Gasteiger partial charge in [0.2, 0.25) is 5.91 Å². The molecule has 0 spiro atoms. The van der Waals surface area contributed by atoms with Gasteiger partial charge >= 0.3 is 0 Å². The summed E-state index contributed by atoms with van der Waals surface area (Å²) in [5.41, 5.74) is 0.0765. The molecule has 4 aliphatic rings. The smallest absolute Gasteiger partial charge is 0.222 e. The SMILES string of the molecule is CC1(C)[C@H]2CC[C@]1(CN1CCCC1=O)C1N=NC(c3c(F)cccc3F)=CC12. The Bertz CT molecular complexity index is 889. The molecular formula is C22H25F2N3O. The van der Waals surface area contributed by atoms with E-state index in [-0.39, 0.29) is 34.3 Å². The first-order valence-electron chi connectivity index (χ1n) is 10.2. The van der Waals surface area contributed by atoms with E-state index in [9.17, 15) is 13.6 Å². The molecule has 0 radical (unpaired) electrons. The summed E-state index contributed by atoms with van der Waals surface area (Å²) in [6, 6.07) is 3.84. The van der Waals surface area contributed by atoms with Crippen LogP contribution < -0.4 is 0 Å². The highest BCUT2D eigenvalue weighted by atomic mass is 19.1. The summed E-state index contributed by atoms with van der Waals surface area (Å²) >= 11 is 0. The fraction of sp³-hybridized carbons (Fsp3) is 0.591. The minimum absolute atomic E-state index is 0.00997. The number of nitrogens with zero attached hydrogens (tertiary/aromatic N) is 3. The third-order valence-corrected chi connectivity index (χ3v) is 8.01. The summed E-state index contributed by atoms with van der Waals surface area (Å²) in [7, 11) is 0. The van der Waals surface area contributed by atoms with Gasteiger partial charge in [0.15, 0.2) is 0 Å². The van der Waals surface area contributed by atoms with E-state index in [1.165, 1.54) is 18.2 Å². The van der Waals surface area contributed by atoms with Crippen LogP contribution in [-0.4, -0.2) is 29.9 Å². The van der Waals surface area contributed by atoms with Crippen LogP contribution in [0.1, 0.15) is 45.1 Å². The van der Waals surface area contributed by atoms with Crippen LogP contribution in [0.15, 0.2) is 34.5 Å². The van der Waals surface area contributed by atoms with Gasteiger partial charge in [-0.1, -0.05) is 26.0 Å². The highest BCUT2D eigenvalue weighted by Gasteiger charge is 2.69. The van der Waals surface area contributed by atoms with E-state index < -0.39 is 11.6 Å². The second kappa shape index (κ2) is 5.94. The van der Waals surface area contributed by atoms with Crippen molar-refractivity contribution in [3.05, 3.63) is 41.5 Å². The number of rotatable bonds is 3. The lowest BCUT2D eigenvalue weighted by Crippen LogP contribution is -2.49. The monoisotopic (exact) mass is 385 g/mol. The molecule has 4 nitrogen and oxygen atoms in total. The van der Waals surface area contributed by atoms with Crippen molar-refractivity contribution in [2.24, 2.45) is 32.9 Å². The Morgan fingerprint density at radius 1 is 1.25 bits per heavy atom. The molecule has 2 bridgehead atoms. The van der Waals surface area contributed by atoms with E-state index in [4.69, 9.17) is 0 Å². The first-order chi connectivity index (χ1) is 13.3. The molecule has 1 aromatic rings. The number of carbonyl (C=O) groups excluding carboxylic acids is 1. The molecule has 5 rings (SSSR count). The zero-order valence-electron chi connectivity index (χ0n) is 16.3. The molecule has 2 saturated carbocycles. The van der Waals surface area contributed by atoms with Gasteiger partial charge in [-0.2, -0.15) is 10.2 Å². The van der Waals surface area contributed by atoms with Crippen molar-refractivity contribution in [3.8, 4) is 0 Å². The molecule has 3 fully saturated rings. The van der Waals surface area contributed by atoms with Gasteiger partial charge in [-0.3, -0.25) is 4.79 Å². The second-order valence-electron chi connectivity index (χ2n) is 9.33.